The summed E-state index contributed by atoms with van der Waals surface area (Å²) in [5.74, 6) is 0.401. The molecule has 0 spiro atoms. The highest BCUT2D eigenvalue weighted by atomic mass is 32.2. The van der Waals surface area contributed by atoms with E-state index in [2.05, 4.69) is 10.6 Å². The first-order valence-electron chi connectivity index (χ1n) is 7.87. The smallest absolute Gasteiger partial charge is 0.153 e. The van der Waals surface area contributed by atoms with Crippen LogP contribution >= 0.6 is 0 Å². The molecule has 2 atom stereocenters. The minimum atomic E-state index is -2.98. The highest BCUT2D eigenvalue weighted by Crippen LogP contribution is 2.14. The van der Waals surface area contributed by atoms with E-state index in [-0.39, 0.29) is 23.6 Å². The van der Waals surface area contributed by atoms with Crippen LogP contribution in [0.1, 0.15) is 11.1 Å². The first-order chi connectivity index (χ1) is 11.1. The van der Waals surface area contributed by atoms with Gasteiger partial charge in [-0.25, -0.2) is 8.42 Å². The van der Waals surface area contributed by atoms with Crippen LogP contribution in [-0.2, 0) is 22.9 Å². The van der Waals surface area contributed by atoms with Crippen molar-refractivity contribution in [2.24, 2.45) is 0 Å². The van der Waals surface area contributed by atoms with Crippen LogP contribution in [0.25, 0.3) is 0 Å². The standard InChI is InChI=1S/C18H22N2O2S/c21-23(22)13-17(19-11-15-7-3-1-4-8-15)18(14-23)20-12-16-9-5-2-6-10-16/h1-10,17-20H,11-14H2/t17-,18-/m1/s1. The van der Waals surface area contributed by atoms with Gasteiger partial charge < -0.3 is 10.6 Å². The summed E-state index contributed by atoms with van der Waals surface area (Å²) in [6.07, 6.45) is 0. The summed E-state index contributed by atoms with van der Waals surface area (Å²) >= 11 is 0. The van der Waals surface area contributed by atoms with Gasteiger partial charge in [-0.2, -0.15) is 0 Å². The summed E-state index contributed by atoms with van der Waals surface area (Å²) in [6.45, 7) is 1.37. The van der Waals surface area contributed by atoms with E-state index in [1.54, 1.807) is 0 Å². The zero-order chi connectivity index (χ0) is 16.1. The number of benzene rings is 2. The predicted octanol–water partition coefficient (Wildman–Crippen LogP) is 1.73. The Morgan fingerprint density at radius 2 is 1.13 bits per heavy atom. The molecule has 1 heterocycles. The number of hydrogen-bond acceptors (Lipinski definition) is 4. The van der Waals surface area contributed by atoms with Crippen LogP contribution in [0.2, 0.25) is 0 Å². The maximum atomic E-state index is 12.0. The molecule has 4 nitrogen and oxygen atoms in total. The lowest BCUT2D eigenvalue weighted by Crippen LogP contribution is -2.46. The van der Waals surface area contributed by atoms with E-state index >= 15 is 0 Å². The second-order valence-electron chi connectivity index (χ2n) is 6.02. The van der Waals surface area contributed by atoms with E-state index in [1.165, 1.54) is 11.1 Å². The van der Waals surface area contributed by atoms with Crippen molar-refractivity contribution in [2.75, 3.05) is 11.5 Å². The van der Waals surface area contributed by atoms with Crippen molar-refractivity contribution < 1.29 is 8.42 Å². The Morgan fingerprint density at radius 3 is 1.52 bits per heavy atom. The van der Waals surface area contributed by atoms with Gasteiger partial charge >= 0.3 is 0 Å². The third-order valence-corrected chi connectivity index (χ3v) is 5.91. The third-order valence-electron chi connectivity index (χ3n) is 4.18. The van der Waals surface area contributed by atoms with Gasteiger partial charge in [0.2, 0.25) is 0 Å². The molecule has 2 aromatic carbocycles. The second kappa shape index (κ2) is 7.25. The van der Waals surface area contributed by atoms with Crippen molar-refractivity contribution in [3.8, 4) is 0 Å². The first kappa shape index (κ1) is 16.2. The molecule has 23 heavy (non-hydrogen) atoms. The highest BCUT2D eigenvalue weighted by molar-refractivity contribution is 7.91. The van der Waals surface area contributed by atoms with Crippen LogP contribution in [0.5, 0.6) is 0 Å². The fraction of sp³-hybridized carbons (Fsp3) is 0.333. The fourth-order valence-corrected chi connectivity index (χ4v) is 4.87. The average molecular weight is 330 g/mol. The Hall–Kier alpha value is -1.69. The van der Waals surface area contributed by atoms with Gasteiger partial charge in [-0.05, 0) is 11.1 Å². The Balaban J connectivity index is 1.60. The normalized spacial score (nSPS) is 23.0. The molecule has 1 saturated heterocycles. The molecule has 2 aromatic rings. The molecule has 122 valence electrons. The van der Waals surface area contributed by atoms with E-state index < -0.39 is 9.84 Å². The minimum Gasteiger partial charge on any atom is -0.307 e. The third kappa shape index (κ3) is 4.64. The average Bonchev–Trinajstić information content (AvgIpc) is 2.87. The van der Waals surface area contributed by atoms with Gasteiger partial charge in [0.15, 0.2) is 9.84 Å². The lowest BCUT2D eigenvalue weighted by atomic mass is 10.1. The van der Waals surface area contributed by atoms with E-state index in [9.17, 15) is 8.42 Å². The van der Waals surface area contributed by atoms with Crippen LogP contribution in [0.4, 0.5) is 0 Å². The van der Waals surface area contributed by atoms with Crippen molar-refractivity contribution in [1.82, 2.24) is 10.6 Å². The Morgan fingerprint density at radius 1 is 0.739 bits per heavy atom. The molecular weight excluding hydrogens is 308 g/mol. The lowest BCUT2D eigenvalue weighted by Gasteiger charge is -2.21. The summed E-state index contributed by atoms with van der Waals surface area (Å²) < 4.78 is 24.0. The molecule has 0 saturated carbocycles. The van der Waals surface area contributed by atoms with Gasteiger partial charge in [0.25, 0.3) is 0 Å². The lowest BCUT2D eigenvalue weighted by molar-refractivity contribution is 0.430. The highest BCUT2D eigenvalue weighted by Gasteiger charge is 2.36. The second-order valence-corrected chi connectivity index (χ2v) is 8.18. The minimum absolute atomic E-state index is 0.0519. The zero-order valence-corrected chi connectivity index (χ0v) is 13.8. The van der Waals surface area contributed by atoms with Crippen molar-refractivity contribution in [1.29, 1.82) is 0 Å². The molecule has 0 aliphatic carbocycles. The van der Waals surface area contributed by atoms with E-state index in [0.29, 0.717) is 13.1 Å². The molecule has 0 aromatic heterocycles. The Labute approximate surface area is 137 Å². The molecule has 0 bridgehead atoms. The number of sulfone groups is 1. The molecule has 2 N–H and O–H groups in total. The first-order valence-corrected chi connectivity index (χ1v) is 9.69. The topological polar surface area (TPSA) is 58.2 Å². The Bertz CT molecular complexity index is 660. The van der Waals surface area contributed by atoms with E-state index in [4.69, 9.17) is 0 Å². The molecule has 1 fully saturated rings. The zero-order valence-electron chi connectivity index (χ0n) is 13.0. The molecule has 0 radical (unpaired) electrons. The quantitative estimate of drug-likeness (QED) is 0.847. The van der Waals surface area contributed by atoms with Crippen LogP contribution < -0.4 is 10.6 Å². The van der Waals surface area contributed by atoms with Gasteiger partial charge in [-0.1, -0.05) is 60.7 Å². The van der Waals surface area contributed by atoms with Crippen molar-refractivity contribution in [3.63, 3.8) is 0 Å². The molecule has 0 unspecified atom stereocenters. The van der Waals surface area contributed by atoms with Crippen molar-refractivity contribution >= 4 is 9.84 Å². The largest absolute Gasteiger partial charge is 0.307 e. The maximum absolute atomic E-state index is 12.0. The number of nitrogens with one attached hydrogen (secondary N) is 2. The molecule has 1 aliphatic heterocycles. The molecule has 0 amide bonds. The maximum Gasteiger partial charge on any atom is 0.153 e. The molecule has 5 heteroatoms. The van der Waals surface area contributed by atoms with Crippen LogP contribution in [0.3, 0.4) is 0 Å². The summed E-state index contributed by atoms with van der Waals surface area (Å²) in [5, 5.41) is 6.80. The van der Waals surface area contributed by atoms with Gasteiger partial charge in [0.1, 0.15) is 0 Å². The summed E-state index contributed by atoms with van der Waals surface area (Å²) in [6, 6.07) is 20.0. The van der Waals surface area contributed by atoms with Gasteiger partial charge in [0, 0.05) is 25.2 Å². The molecule has 1 aliphatic rings. The monoisotopic (exact) mass is 330 g/mol. The van der Waals surface area contributed by atoms with Crippen molar-refractivity contribution in [3.05, 3.63) is 71.8 Å². The summed E-state index contributed by atoms with van der Waals surface area (Å²) in [4.78, 5) is 0. The fourth-order valence-electron chi connectivity index (χ4n) is 2.94. The number of rotatable bonds is 6. The van der Waals surface area contributed by atoms with Gasteiger partial charge in [-0.3, -0.25) is 0 Å². The van der Waals surface area contributed by atoms with Crippen LogP contribution in [-0.4, -0.2) is 32.0 Å². The molecule has 3 rings (SSSR count). The Kier molecular flexibility index (Phi) is 5.10. The van der Waals surface area contributed by atoms with Crippen LogP contribution in [0, 0.1) is 0 Å². The van der Waals surface area contributed by atoms with Gasteiger partial charge in [-0.15, -0.1) is 0 Å². The van der Waals surface area contributed by atoms with Crippen LogP contribution in [0.15, 0.2) is 60.7 Å². The van der Waals surface area contributed by atoms with E-state index in [0.717, 1.165) is 0 Å². The molecular formula is C18H22N2O2S. The SMILES string of the molecule is O=S1(=O)C[C@@H](NCc2ccccc2)[C@H](NCc2ccccc2)C1. The van der Waals surface area contributed by atoms with Gasteiger partial charge in [0.05, 0.1) is 11.5 Å². The van der Waals surface area contributed by atoms with Crippen molar-refractivity contribution in [2.45, 2.75) is 25.2 Å². The number of hydrogen-bond donors (Lipinski definition) is 2. The summed E-state index contributed by atoms with van der Waals surface area (Å²) in [7, 11) is -2.98. The predicted molar refractivity (Wildman–Crippen MR) is 92.8 cm³/mol. The van der Waals surface area contributed by atoms with E-state index in [1.807, 2.05) is 60.7 Å². The summed E-state index contributed by atoms with van der Waals surface area (Å²) in [5.41, 5.74) is 2.33.